The molecule has 20 heavy (non-hydrogen) atoms. The molecule has 1 rings (SSSR count). The molecule has 0 amide bonds. The molecule has 1 unspecified atom stereocenters. The van der Waals surface area contributed by atoms with Crippen LogP contribution < -0.4 is 5.32 Å². The summed E-state index contributed by atoms with van der Waals surface area (Å²) < 4.78 is 13.0. The highest BCUT2D eigenvalue weighted by molar-refractivity contribution is 5.19. The van der Waals surface area contributed by atoms with E-state index in [9.17, 15) is 4.39 Å². The number of nitrogens with one attached hydrogen (secondary N) is 1. The Kier molecular flexibility index (Phi) is 7.78. The van der Waals surface area contributed by atoms with E-state index < -0.39 is 0 Å². The summed E-state index contributed by atoms with van der Waals surface area (Å²) in [6, 6.07) is 7.18. The maximum Gasteiger partial charge on any atom is 0.123 e. The minimum atomic E-state index is -0.168. The van der Waals surface area contributed by atoms with Crippen molar-refractivity contribution in [3.05, 3.63) is 35.6 Å². The van der Waals surface area contributed by atoms with E-state index in [2.05, 4.69) is 37.9 Å². The first-order valence-corrected chi connectivity index (χ1v) is 7.78. The van der Waals surface area contributed by atoms with Crippen molar-refractivity contribution in [1.82, 2.24) is 10.2 Å². The molecule has 0 aromatic heterocycles. The summed E-state index contributed by atoms with van der Waals surface area (Å²) in [5.74, 6) is 0.525. The molecule has 0 heterocycles. The molecule has 0 aliphatic carbocycles. The third-order valence-corrected chi connectivity index (χ3v) is 3.53. The lowest BCUT2D eigenvalue weighted by atomic mass is 10.0. The molecule has 1 N–H and O–H groups in total. The van der Waals surface area contributed by atoms with Gasteiger partial charge in [-0.15, -0.1) is 0 Å². The SMILES string of the molecule is CCNC(CCN(CC)CC(C)C)c1ccc(F)cc1. The van der Waals surface area contributed by atoms with Gasteiger partial charge in [-0.1, -0.05) is 39.8 Å². The zero-order chi connectivity index (χ0) is 15.0. The van der Waals surface area contributed by atoms with Crippen molar-refractivity contribution in [1.29, 1.82) is 0 Å². The number of hydrogen-bond donors (Lipinski definition) is 1. The number of halogens is 1. The first kappa shape index (κ1) is 17.1. The molecule has 2 nitrogen and oxygen atoms in total. The Bertz CT molecular complexity index is 362. The molecular weight excluding hydrogens is 251 g/mol. The smallest absolute Gasteiger partial charge is 0.123 e. The Hall–Kier alpha value is -0.930. The highest BCUT2D eigenvalue weighted by Crippen LogP contribution is 2.18. The van der Waals surface area contributed by atoms with Crippen LogP contribution in [0.5, 0.6) is 0 Å². The summed E-state index contributed by atoms with van der Waals surface area (Å²) in [5, 5.41) is 3.50. The zero-order valence-corrected chi connectivity index (χ0v) is 13.3. The van der Waals surface area contributed by atoms with Crippen LogP contribution in [-0.4, -0.2) is 31.1 Å². The summed E-state index contributed by atoms with van der Waals surface area (Å²) in [4.78, 5) is 2.48. The third kappa shape index (κ3) is 6.02. The highest BCUT2D eigenvalue weighted by atomic mass is 19.1. The fourth-order valence-corrected chi connectivity index (χ4v) is 2.53. The first-order chi connectivity index (χ1) is 9.56. The van der Waals surface area contributed by atoms with E-state index in [1.54, 1.807) is 12.1 Å². The van der Waals surface area contributed by atoms with Gasteiger partial charge in [-0.2, -0.15) is 0 Å². The highest BCUT2D eigenvalue weighted by Gasteiger charge is 2.13. The van der Waals surface area contributed by atoms with Crippen LogP contribution in [0.1, 0.15) is 45.7 Å². The Morgan fingerprint density at radius 3 is 2.30 bits per heavy atom. The molecule has 1 aromatic carbocycles. The van der Waals surface area contributed by atoms with Gasteiger partial charge in [-0.25, -0.2) is 4.39 Å². The van der Waals surface area contributed by atoms with Gasteiger partial charge >= 0.3 is 0 Å². The first-order valence-electron chi connectivity index (χ1n) is 7.78. The average molecular weight is 280 g/mol. The van der Waals surface area contributed by atoms with Gasteiger partial charge in [0.05, 0.1) is 0 Å². The average Bonchev–Trinajstić information content (AvgIpc) is 2.42. The van der Waals surface area contributed by atoms with Crippen LogP contribution in [0.2, 0.25) is 0 Å². The lowest BCUT2D eigenvalue weighted by molar-refractivity contribution is 0.242. The predicted molar refractivity (Wildman–Crippen MR) is 84.4 cm³/mol. The summed E-state index contributed by atoms with van der Waals surface area (Å²) in [5.41, 5.74) is 1.17. The van der Waals surface area contributed by atoms with Crippen LogP contribution in [0.25, 0.3) is 0 Å². The summed E-state index contributed by atoms with van der Waals surface area (Å²) >= 11 is 0. The second kappa shape index (κ2) is 9.09. The zero-order valence-electron chi connectivity index (χ0n) is 13.3. The van der Waals surface area contributed by atoms with Crippen molar-refractivity contribution < 1.29 is 4.39 Å². The van der Waals surface area contributed by atoms with Crippen LogP contribution >= 0.6 is 0 Å². The Labute approximate surface area is 123 Å². The molecule has 0 saturated carbocycles. The van der Waals surface area contributed by atoms with Crippen molar-refractivity contribution in [3.8, 4) is 0 Å². The Morgan fingerprint density at radius 1 is 1.15 bits per heavy atom. The van der Waals surface area contributed by atoms with E-state index >= 15 is 0 Å². The molecule has 0 radical (unpaired) electrons. The van der Waals surface area contributed by atoms with Gasteiger partial charge in [0.15, 0.2) is 0 Å². The predicted octanol–water partition coefficient (Wildman–Crippen LogP) is 3.84. The summed E-state index contributed by atoms with van der Waals surface area (Å²) in [7, 11) is 0. The van der Waals surface area contributed by atoms with Crippen molar-refractivity contribution in [3.63, 3.8) is 0 Å². The topological polar surface area (TPSA) is 15.3 Å². The summed E-state index contributed by atoms with van der Waals surface area (Å²) in [6.45, 7) is 13.1. The maximum absolute atomic E-state index is 13.0. The fraction of sp³-hybridized carbons (Fsp3) is 0.647. The molecule has 0 spiro atoms. The molecule has 1 aromatic rings. The van der Waals surface area contributed by atoms with Crippen molar-refractivity contribution >= 4 is 0 Å². The molecule has 114 valence electrons. The van der Waals surface area contributed by atoms with Gasteiger partial charge in [0.25, 0.3) is 0 Å². The van der Waals surface area contributed by atoms with E-state index in [0.717, 1.165) is 32.6 Å². The standard InChI is InChI=1S/C17H29FN2/c1-5-19-17(15-7-9-16(18)10-8-15)11-12-20(6-2)13-14(3)4/h7-10,14,17,19H,5-6,11-13H2,1-4H3. The molecule has 0 aliphatic heterocycles. The lowest BCUT2D eigenvalue weighted by Crippen LogP contribution is -2.32. The van der Waals surface area contributed by atoms with E-state index in [0.29, 0.717) is 12.0 Å². The van der Waals surface area contributed by atoms with Crippen LogP contribution in [0.4, 0.5) is 4.39 Å². The van der Waals surface area contributed by atoms with E-state index in [1.807, 2.05) is 12.1 Å². The minimum absolute atomic E-state index is 0.168. The second-order valence-electron chi connectivity index (χ2n) is 5.74. The Morgan fingerprint density at radius 2 is 1.80 bits per heavy atom. The number of nitrogens with zero attached hydrogens (tertiary/aromatic N) is 1. The van der Waals surface area contributed by atoms with Gasteiger partial charge < -0.3 is 10.2 Å². The number of rotatable bonds is 9. The summed E-state index contributed by atoms with van der Waals surface area (Å²) in [6.07, 6.45) is 1.06. The van der Waals surface area contributed by atoms with Crippen molar-refractivity contribution in [2.24, 2.45) is 5.92 Å². The van der Waals surface area contributed by atoms with Crippen LogP contribution in [0.15, 0.2) is 24.3 Å². The number of hydrogen-bond acceptors (Lipinski definition) is 2. The molecule has 0 fully saturated rings. The molecule has 0 aliphatic rings. The van der Waals surface area contributed by atoms with E-state index in [4.69, 9.17) is 0 Å². The monoisotopic (exact) mass is 280 g/mol. The van der Waals surface area contributed by atoms with Gasteiger partial charge in [-0.05, 0) is 49.7 Å². The molecule has 0 bridgehead atoms. The Balaban J connectivity index is 2.60. The second-order valence-corrected chi connectivity index (χ2v) is 5.74. The normalized spacial score (nSPS) is 13.2. The fourth-order valence-electron chi connectivity index (χ4n) is 2.53. The lowest BCUT2D eigenvalue weighted by Gasteiger charge is -2.26. The molecule has 3 heteroatoms. The van der Waals surface area contributed by atoms with Crippen LogP contribution in [-0.2, 0) is 0 Å². The van der Waals surface area contributed by atoms with E-state index in [1.165, 1.54) is 5.56 Å². The van der Waals surface area contributed by atoms with E-state index in [-0.39, 0.29) is 5.82 Å². The van der Waals surface area contributed by atoms with Crippen LogP contribution in [0.3, 0.4) is 0 Å². The molecular formula is C17H29FN2. The van der Waals surface area contributed by atoms with Crippen molar-refractivity contribution in [2.75, 3.05) is 26.2 Å². The van der Waals surface area contributed by atoms with Crippen LogP contribution in [0, 0.1) is 11.7 Å². The largest absolute Gasteiger partial charge is 0.310 e. The minimum Gasteiger partial charge on any atom is -0.310 e. The quantitative estimate of drug-likeness (QED) is 0.739. The number of benzene rings is 1. The van der Waals surface area contributed by atoms with Gasteiger partial charge in [-0.3, -0.25) is 0 Å². The molecule has 0 saturated heterocycles. The maximum atomic E-state index is 13.0. The van der Waals surface area contributed by atoms with Crippen molar-refractivity contribution in [2.45, 2.75) is 40.2 Å². The van der Waals surface area contributed by atoms with Gasteiger partial charge in [0.1, 0.15) is 5.82 Å². The van der Waals surface area contributed by atoms with Gasteiger partial charge in [0, 0.05) is 12.6 Å². The molecule has 1 atom stereocenters. The van der Waals surface area contributed by atoms with Gasteiger partial charge in [0.2, 0.25) is 0 Å². The third-order valence-electron chi connectivity index (χ3n) is 3.53.